The lowest BCUT2D eigenvalue weighted by Crippen LogP contribution is -2.37. The first-order chi connectivity index (χ1) is 7.13. The van der Waals surface area contributed by atoms with Crippen LogP contribution >= 0.6 is 0 Å². The number of aliphatic hydroxyl groups excluding tert-OH is 1. The van der Waals surface area contributed by atoms with Gasteiger partial charge in [0.25, 0.3) is 0 Å². The Hall–Kier alpha value is -0.610. The molecule has 0 aromatic rings. The highest BCUT2D eigenvalue weighted by molar-refractivity contribution is 5.70. The van der Waals surface area contributed by atoms with Crippen molar-refractivity contribution in [3.05, 3.63) is 0 Å². The molecule has 4 heteroatoms. The van der Waals surface area contributed by atoms with Crippen LogP contribution in [0.1, 0.15) is 32.6 Å². The second-order valence-corrected chi connectivity index (χ2v) is 4.58. The van der Waals surface area contributed by atoms with E-state index in [1.807, 2.05) is 6.92 Å². The second-order valence-electron chi connectivity index (χ2n) is 4.58. The van der Waals surface area contributed by atoms with Crippen LogP contribution in [0.5, 0.6) is 0 Å². The number of carboxylic acids is 1. The minimum atomic E-state index is -0.655. The molecule has 1 saturated carbocycles. The van der Waals surface area contributed by atoms with Gasteiger partial charge in [-0.05, 0) is 31.6 Å². The summed E-state index contributed by atoms with van der Waals surface area (Å²) in [6, 6.07) is 0.439. The maximum absolute atomic E-state index is 10.7. The average Bonchev–Trinajstić information content (AvgIpc) is 2.26. The van der Waals surface area contributed by atoms with E-state index >= 15 is 0 Å². The third-order valence-corrected chi connectivity index (χ3v) is 3.14. The molecule has 3 N–H and O–H groups in total. The Kier molecular flexibility index (Phi) is 5.05. The van der Waals surface area contributed by atoms with E-state index in [1.165, 1.54) is 0 Å². The molecule has 1 atom stereocenters. The van der Waals surface area contributed by atoms with Crippen LogP contribution in [0.3, 0.4) is 0 Å². The van der Waals surface area contributed by atoms with Crippen molar-refractivity contribution in [1.29, 1.82) is 0 Å². The molecule has 1 aliphatic carbocycles. The summed E-state index contributed by atoms with van der Waals surface area (Å²) in [5, 5.41) is 21.1. The predicted octanol–water partition coefficient (Wildman–Crippen LogP) is 0.848. The number of aliphatic carboxylic acids is 1. The number of aliphatic hydroxyl groups is 1. The molecule has 4 nitrogen and oxygen atoms in total. The van der Waals surface area contributed by atoms with Gasteiger partial charge < -0.3 is 15.5 Å². The Bertz CT molecular complexity index is 200. The summed E-state index contributed by atoms with van der Waals surface area (Å²) in [4.78, 5) is 10.7. The van der Waals surface area contributed by atoms with Crippen LogP contribution in [0.4, 0.5) is 0 Å². The number of carbonyl (C=O) groups is 1. The first-order valence-electron chi connectivity index (χ1n) is 5.70. The zero-order valence-electron chi connectivity index (χ0n) is 9.28. The van der Waals surface area contributed by atoms with Gasteiger partial charge in [-0.2, -0.15) is 0 Å². The van der Waals surface area contributed by atoms with Crippen molar-refractivity contribution in [2.75, 3.05) is 13.2 Å². The van der Waals surface area contributed by atoms with Crippen molar-refractivity contribution in [1.82, 2.24) is 5.32 Å². The highest BCUT2D eigenvalue weighted by Crippen LogP contribution is 2.24. The maximum atomic E-state index is 10.7. The lowest BCUT2D eigenvalue weighted by Gasteiger charge is -2.27. The second kappa shape index (κ2) is 6.08. The zero-order chi connectivity index (χ0) is 11.3. The standard InChI is InChI=1S/C11H21NO3/c1-8(7-13)6-12-10-4-2-9(3-5-10)11(14)15/h8-10,12-13H,2-7H2,1H3,(H,14,15). The van der Waals surface area contributed by atoms with Gasteiger partial charge in [-0.3, -0.25) is 4.79 Å². The third-order valence-electron chi connectivity index (χ3n) is 3.14. The number of carboxylic acid groups (broad SMARTS) is 1. The topological polar surface area (TPSA) is 69.6 Å². The van der Waals surface area contributed by atoms with E-state index in [-0.39, 0.29) is 18.4 Å². The molecule has 0 bridgehead atoms. The van der Waals surface area contributed by atoms with Gasteiger partial charge in [-0.25, -0.2) is 0 Å². The van der Waals surface area contributed by atoms with Crippen molar-refractivity contribution in [2.24, 2.45) is 11.8 Å². The molecule has 1 unspecified atom stereocenters. The van der Waals surface area contributed by atoms with E-state index in [0.717, 1.165) is 32.2 Å². The van der Waals surface area contributed by atoms with E-state index in [0.29, 0.717) is 6.04 Å². The number of hydrogen-bond donors (Lipinski definition) is 3. The Balaban J connectivity index is 2.17. The van der Waals surface area contributed by atoms with E-state index in [1.54, 1.807) is 0 Å². The lowest BCUT2D eigenvalue weighted by molar-refractivity contribution is -0.142. The van der Waals surface area contributed by atoms with Crippen molar-refractivity contribution in [2.45, 2.75) is 38.6 Å². The SMILES string of the molecule is CC(CO)CNC1CCC(C(=O)O)CC1. The maximum Gasteiger partial charge on any atom is 0.306 e. The molecule has 88 valence electrons. The minimum absolute atomic E-state index is 0.140. The van der Waals surface area contributed by atoms with Crippen molar-refractivity contribution >= 4 is 5.97 Å². The Labute approximate surface area is 90.7 Å². The Morgan fingerprint density at radius 1 is 1.40 bits per heavy atom. The first-order valence-corrected chi connectivity index (χ1v) is 5.70. The summed E-state index contributed by atoms with van der Waals surface area (Å²) in [5.41, 5.74) is 0. The molecule has 0 amide bonds. The summed E-state index contributed by atoms with van der Waals surface area (Å²) in [7, 11) is 0. The molecule has 0 heterocycles. The molecule has 1 aliphatic rings. The smallest absolute Gasteiger partial charge is 0.306 e. The zero-order valence-corrected chi connectivity index (χ0v) is 9.28. The van der Waals surface area contributed by atoms with Crippen LogP contribution in [0.25, 0.3) is 0 Å². The summed E-state index contributed by atoms with van der Waals surface area (Å²) in [5.74, 6) is -0.516. The predicted molar refractivity (Wildman–Crippen MR) is 57.6 cm³/mol. The number of nitrogens with one attached hydrogen (secondary N) is 1. The van der Waals surface area contributed by atoms with E-state index in [9.17, 15) is 4.79 Å². The fourth-order valence-corrected chi connectivity index (χ4v) is 1.98. The van der Waals surface area contributed by atoms with Gasteiger partial charge >= 0.3 is 5.97 Å². The first kappa shape index (κ1) is 12.5. The molecule has 0 radical (unpaired) electrons. The summed E-state index contributed by atoms with van der Waals surface area (Å²) < 4.78 is 0. The molecule has 0 aromatic carbocycles. The van der Waals surface area contributed by atoms with Crippen LogP contribution < -0.4 is 5.32 Å². The lowest BCUT2D eigenvalue weighted by atomic mass is 9.86. The minimum Gasteiger partial charge on any atom is -0.481 e. The van der Waals surface area contributed by atoms with E-state index in [4.69, 9.17) is 10.2 Å². The molecule has 1 rings (SSSR count). The van der Waals surface area contributed by atoms with Crippen LogP contribution in [0.15, 0.2) is 0 Å². The van der Waals surface area contributed by atoms with Crippen molar-refractivity contribution < 1.29 is 15.0 Å². The highest BCUT2D eigenvalue weighted by atomic mass is 16.4. The fraction of sp³-hybridized carbons (Fsp3) is 0.909. The van der Waals surface area contributed by atoms with Crippen molar-refractivity contribution in [3.63, 3.8) is 0 Å². The van der Waals surface area contributed by atoms with Gasteiger partial charge in [-0.1, -0.05) is 6.92 Å². The highest BCUT2D eigenvalue weighted by Gasteiger charge is 2.25. The van der Waals surface area contributed by atoms with E-state index in [2.05, 4.69) is 5.32 Å². The molecule has 15 heavy (non-hydrogen) atoms. The Morgan fingerprint density at radius 3 is 2.47 bits per heavy atom. The summed E-state index contributed by atoms with van der Waals surface area (Å²) in [6.07, 6.45) is 3.44. The molecular formula is C11H21NO3. The summed E-state index contributed by atoms with van der Waals surface area (Å²) in [6.45, 7) is 3.02. The molecular weight excluding hydrogens is 194 g/mol. The van der Waals surface area contributed by atoms with Crippen LogP contribution in [0.2, 0.25) is 0 Å². The van der Waals surface area contributed by atoms with Crippen LogP contribution in [0, 0.1) is 11.8 Å². The molecule has 0 spiro atoms. The van der Waals surface area contributed by atoms with Gasteiger partial charge in [0, 0.05) is 19.2 Å². The molecule has 0 saturated heterocycles. The van der Waals surface area contributed by atoms with Crippen LogP contribution in [-0.4, -0.2) is 35.4 Å². The largest absolute Gasteiger partial charge is 0.481 e. The van der Waals surface area contributed by atoms with Gasteiger partial charge in [0.2, 0.25) is 0 Å². The van der Waals surface area contributed by atoms with Gasteiger partial charge in [0.1, 0.15) is 0 Å². The molecule has 0 aliphatic heterocycles. The monoisotopic (exact) mass is 215 g/mol. The fourth-order valence-electron chi connectivity index (χ4n) is 1.98. The molecule has 0 aromatic heterocycles. The van der Waals surface area contributed by atoms with E-state index < -0.39 is 5.97 Å². The quantitative estimate of drug-likeness (QED) is 0.636. The number of hydrogen-bond acceptors (Lipinski definition) is 3. The summed E-state index contributed by atoms with van der Waals surface area (Å²) >= 11 is 0. The van der Waals surface area contributed by atoms with Gasteiger partial charge in [0.05, 0.1) is 5.92 Å². The average molecular weight is 215 g/mol. The normalized spacial score (nSPS) is 28.7. The molecule has 1 fully saturated rings. The third kappa shape index (κ3) is 4.18. The Morgan fingerprint density at radius 2 is 2.00 bits per heavy atom. The van der Waals surface area contributed by atoms with Gasteiger partial charge in [0.15, 0.2) is 0 Å². The van der Waals surface area contributed by atoms with Crippen molar-refractivity contribution in [3.8, 4) is 0 Å². The van der Waals surface area contributed by atoms with Gasteiger partial charge in [-0.15, -0.1) is 0 Å². The number of rotatable bonds is 5. The van der Waals surface area contributed by atoms with Crippen LogP contribution in [-0.2, 0) is 4.79 Å².